The van der Waals surface area contributed by atoms with Crippen LogP contribution in [0.3, 0.4) is 0 Å². The van der Waals surface area contributed by atoms with Crippen LogP contribution in [0.25, 0.3) is 11.3 Å². The number of H-pyrrole nitrogens is 1. The number of imidazole rings is 1. The highest BCUT2D eigenvalue weighted by Crippen LogP contribution is 2.25. The summed E-state index contributed by atoms with van der Waals surface area (Å²) in [6.07, 6.45) is 0. The molecule has 3 heteroatoms. The highest BCUT2D eigenvalue weighted by atomic mass is 15.0. The van der Waals surface area contributed by atoms with Crippen LogP contribution in [-0.4, -0.2) is 9.97 Å². The Morgan fingerprint density at radius 2 is 2.00 bits per heavy atom. The van der Waals surface area contributed by atoms with Crippen molar-refractivity contribution in [2.75, 3.05) is 0 Å². The van der Waals surface area contributed by atoms with E-state index < -0.39 is 0 Å². The van der Waals surface area contributed by atoms with Crippen LogP contribution in [-0.2, 0) is 6.54 Å². The van der Waals surface area contributed by atoms with Gasteiger partial charge in [-0.2, -0.15) is 0 Å². The smallest absolute Gasteiger partial charge is 0.120 e. The Morgan fingerprint density at radius 1 is 1.25 bits per heavy atom. The Morgan fingerprint density at radius 3 is 2.62 bits per heavy atom. The number of benzene rings is 1. The lowest BCUT2D eigenvalue weighted by molar-refractivity contribution is 0.944. The Kier molecular flexibility index (Phi) is 2.79. The van der Waals surface area contributed by atoms with E-state index in [1.807, 2.05) is 6.92 Å². The van der Waals surface area contributed by atoms with Gasteiger partial charge in [0.1, 0.15) is 5.82 Å². The fraction of sp³-hybridized carbons (Fsp3) is 0.308. The van der Waals surface area contributed by atoms with Crippen molar-refractivity contribution in [1.29, 1.82) is 0 Å². The van der Waals surface area contributed by atoms with Crippen LogP contribution >= 0.6 is 0 Å². The Labute approximate surface area is 95.7 Å². The van der Waals surface area contributed by atoms with Crippen molar-refractivity contribution in [2.24, 2.45) is 5.73 Å². The second-order valence-electron chi connectivity index (χ2n) is 4.18. The summed E-state index contributed by atoms with van der Waals surface area (Å²) in [6, 6.07) is 6.41. The van der Waals surface area contributed by atoms with E-state index in [9.17, 15) is 0 Å². The van der Waals surface area contributed by atoms with E-state index in [0.717, 1.165) is 17.2 Å². The van der Waals surface area contributed by atoms with Gasteiger partial charge in [0.15, 0.2) is 0 Å². The van der Waals surface area contributed by atoms with Crippen LogP contribution in [0, 0.1) is 20.8 Å². The molecule has 0 saturated carbocycles. The molecule has 2 rings (SSSR count). The summed E-state index contributed by atoms with van der Waals surface area (Å²) in [5.74, 6) is 0.841. The number of hydrogen-bond acceptors (Lipinski definition) is 2. The molecule has 0 amide bonds. The highest BCUT2D eigenvalue weighted by molar-refractivity contribution is 5.66. The van der Waals surface area contributed by atoms with Crippen LogP contribution in [0.5, 0.6) is 0 Å². The molecule has 0 atom stereocenters. The SMILES string of the molecule is Cc1ccc(C)c(-c2nc(CN)[nH]c2C)c1. The monoisotopic (exact) mass is 215 g/mol. The van der Waals surface area contributed by atoms with E-state index in [1.165, 1.54) is 16.7 Å². The van der Waals surface area contributed by atoms with Crippen molar-refractivity contribution in [3.63, 3.8) is 0 Å². The van der Waals surface area contributed by atoms with E-state index in [0.29, 0.717) is 6.54 Å². The molecule has 3 N–H and O–H groups in total. The van der Waals surface area contributed by atoms with Gasteiger partial charge in [0.2, 0.25) is 0 Å². The number of hydrogen-bond donors (Lipinski definition) is 2. The van der Waals surface area contributed by atoms with Crippen molar-refractivity contribution in [2.45, 2.75) is 27.3 Å². The third-order valence-corrected chi connectivity index (χ3v) is 2.78. The van der Waals surface area contributed by atoms with E-state index >= 15 is 0 Å². The third-order valence-electron chi connectivity index (χ3n) is 2.78. The number of nitrogens with zero attached hydrogens (tertiary/aromatic N) is 1. The zero-order valence-electron chi connectivity index (χ0n) is 9.96. The van der Waals surface area contributed by atoms with Gasteiger partial charge in [-0.25, -0.2) is 4.98 Å². The van der Waals surface area contributed by atoms with Crippen LogP contribution in [0.4, 0.5) is 0 Å². The van der Waals surface area contributed by atoms with Crippen molar-refractivity contribution in [3.05, 3.63) is 40.8 Å². The molecule has 3 nitrogen and oxygen atoms in total. The maximum Gasteiger partial charge on any atom is 0.120 e. The van der Waals surface area contributed by atoms with Crippen LogP contribution in [0.15, 0.2) is 18.2 Å². The van der Waals surface area contributed by atoms with E-state index in [1.54, 1.807) is 0 Å². The van der Waals surface area contributed by atoms with E-state index in [2.05, 4.69) is 42.0 Å². The van der Waals surface area contributed by atoms with Crippen LogP contribution in [0.2, 0.25) is 0 Å². The van der Waals surface area contributed by atoms with Crippen molar-refractivity contribution in [1.82, 2.24) is 9.97 Å². The average molecular weight is 215 g/mol. The quantitative estimate of drug-likeness (QED) is 0.808. The second-order valence-corrected chi connectivity index (χ2v) is 4.18. The lowest BCUT2D eigenvalue weighted by Crippen LogP contribution is -1.98. The summed E-state index contributed by atoms with van der Waals surface area (Å²) in [5.41, 5.74) is 11.4. The average Bonchev–Trinajstić information content (AvgIpc) is 2.63. The molecule has 0 bridgehead atoms. The molecule has 0 spiro atoms. The van der Waals surface area contributed by atoms with Crippen molar-refractivity contribution >= 4 is 0 Å². The maximum atomic E-state index is 5.58. The minimum Gasteiger partial charge on any atom is -0.344 e. The number of nitrogens with two attached hydrogens (primary N) is 1. The minimum absolute atomic E-state index is 0.450. The van der Waals surface area contributed by atoms with Gasteiger partial charge in [0.05, 0.1) is 12.2 Å². The number of aromatic nitrogens is 2. The van der Waals surface area contributed by atoms with Crippen molar-refractivity contribution < 1.29 is 0 Å². The normalized spacial score (nSPS) is 10.8. The largest absolute Gasteiger partial charge is 0.344 e. The molecule has 1 heterocycles. The molecular weight excluding hydrogens is 198 g/mol. The summed E-state index contributed by atoms with van der Waals surface area (Å²) in [5, 5.41) is 0. The first-order valence-corrected chi connectivity index (χ1v) is 5.45. The van der Waals surface area contributed by atoms with Gasteiger partial charge in [-0.1, -0.05) is 17.7 Å². The Hall–Kier alpha value is -1.61. The molecule has 84 valence electrons. The van der Waals surface area contributed by atoms with Gasteiger partial charge in [-0.05, 0) is 32.4 Å². The van der Waals surface area contributed by atoms with Gasteiger partial charge < -0.3 is 10.7 Å². The summed E-state index contributed by atoms with van der Waals surface area (Å²) in [6.45, 7) is 6.68. The molecule has 0 radical (unpaired) electrons. The first-order chi connectivity index (χ1) is 7.61. The summed E-state index contributed by atoms with van der Waals surface area (Å²) >= 11 is 0. The van der Waals surface area contributed by atoms with Crippen molar-refractivity contribution in [3.8, 4) is 11.3 Å². The fourth-order valence-corrected chi connectivity index (χ4v) is 1.87. The Bertz CT molecular complexity index is 512. The zero-order chi connectivity index (χ0) is 11.7. The lowest BCUT2D eigenvalue weighted by Gasteiger charge is -2.05. The lowest BCUT2D eigenvalue weighted by atomic mass is 10.0. The standard InChI is InChI=1S/C13H17N3/c1-8-4-5-9(2)11(6-8)13-10(3)15-12(7-14)16-13/h4-6H,7,14H2,1-3H3,(H,15,16). The summed E-state index contributed by atoms with van der Waals surface area (Å²) in [7, 11) is 0. The van der Waals surface area contributed by atoms with Gasteiger partial charge in [-0.15, -0.1) is 0 Å². The fourth-order valence-electron chi connectivity index (χ4n) is 1.87. The number of rotatable bonds is 2. The predicted octanol–water partition coefficient (Wildman–Crippen LogP) is 2.46. The number of nitrogens with one attached hydrogen (secondary N) is 1. The highest BCUT2D eigenvalue weighted by Gasteiger charge is 2.10. The number of aryl methyl sites for hydroxylation is 3. The summed E-state index contributed by atoms with van der Waals surface area (Å²) < 4.78 is 0. The van der Waals surface area contributed by atoms with E-state index in [-0.39, 0.29) is 0 Å². The first kappa shape index (κ1) is 10.9. The zero-order valence-corrected chi connectivity index (χ0v) is 9.96. The molecular formula is C13H17N3. The molecule has 0 aliphatic rings. The molecule has 0 aliphatic carbocycles. The molecule has 1 aromatic heterocycles. The Balaban J connectivity index is 2.57. The molecule has 2 aromatic rings. The van der Waals surface area contributed by atoms with Gasteiger partial charge >= 0.3 is 0 Å². The molecule has 1 aromatic carbocycles. The third kappa shape index (κ3) is 1.86. The van der Waals surface area contributed by atoms with Crippen LogP contribution in [0.1, 0.15) is 22.6 Å². The molecule has 0 saturated heterocycles. The van der Waals surface area contributed by atoms with Gasteiger partial charge in [0.25, 0.3) is 0 Å². The maximum absolute atomic E-state index is 5.58. The van der Waals surface area contributed by atoms with Crippen LogP contribution < -0.4 is 5.73 Å². The molecule has 0 fully saturated rings. The predicted molar refractivity (Wildman–Crippen MR) is 66.1 cm³/mol. The summed E-state index contributed by atoms with van der Waals surface area (Å²) in [4.78, 5) is 7.72. The molecule has 0 aliphatic heterocycles. The molecule has 16 heavy (non-hydrogen) atoms. The van der Waals surface area contributed by atoms with E-state index in [4.69, 9.17) is 5.73 Å². The van der Waals surface area contributed by atoms with Gasteiger partial charge in [0, 0.05) is 11.3 Å². The van der Waals surface area contributed by atoms with Gasteiger partial charge in [-0.3, -0.25) is 0 Å². The first-order valence-electron chi connectivity index (χ1n) is 5.45. The number of aromatic amines is 1. The molecule has 0 unspecified atom stereocenters. The second kappa shape index (κ2) is 4.10. The minimum atomic E-state index is 0.450. The topological polar surface area (TPSA) is 54.7 Å².